The molecule has 2 heterocycles. The van der Waals surface area contributed by atoms with E-state index in [1.54, 1.807) is 23.1 Å². The highest BCUT2D eigenvalue weighted by Gasteiger charge is 2.25. The van der Waals surface area contributed by atoms with Gasteiger partial charge in [0.15, 0.2) is 0 Å². The minimum atomic E-state index is -0.0636. The van der Waals surface area contributed by atoms with Gasteiger partial charge in [-0.3, -0.25) is 9.69 Å². The Kier molecular flexibility index (Phi) is 5.45. The highest BCUT2D eigenvalue weighted by molar-refractivity contribution is 5.94. The van der Waals surface area contributed by atoms with Crippen molar-refractivity contribution in [3.63, 3.8) is 0 Å². The van der Waals surface area contributed by atoms with E-state index in [2.05, 4.69) is 41.1 Å². The van der Waals surface area contributed by atoms with E-state index < -0.39 is 0 Å². The molecule has 1 aromatic heterocycles. The molecule has 1 aromatic carbocycles. The molecule has 0 spiro atoms. The Bertz CT molecular complexity index is 676. The summed E-state index contributed by atoms with van der Waals surface area (Å²) >= 11 is 0. The molecule has 0 bridgehead atoms. The molecule has 2 aromatic rings. The van der Waals surface area contributed by atoms with Gasteiger partial charge >= 0.3 is 0 Å². The summed E-state index contributed by atoms with van der Waals surface area (Å²) in [5.74, 6) is -0.0636. The average Bonchev–Trinajstić information content (AvgIpc) is 3.13. The Morgan fingerprint density at radius 1 is 1.28 bits per heavy atom. The quantitative estimate of drug-likeness (QED) is 0.891. The van der Waals surface area contributed by atoms with Gasteiger partial charge in [0, 0.05) is 31.2 Å². The summed E-state index contributed by atoms with van der Waals surface area (Å²) in [5.41, 5.74) is 1.51. The number of rotatable bonds is 5. The molecule has 134 valence electrons. The number of morpholine rings is 1. The molecule has 7 nitrogen and oxygen atoms in total. The number of nitrogens with one attached hydrogen (secondary N) is 1. The van der Waals surface area contributed by atoms with E-state index in [1.807, 2.05) is 12.1 Å². The number of aromatic nitrogens is 3. The number of nitrogens with zero attached hydrogens (tertiary/aromatic N) is 4. The fourth-order valence-corrected chi connectivity index (χ4v) is 3.16. The molecule has 7 heteroatoms. The van der Waals surface area contributed by atoms with Crippen LogP contribution in [0, 0.1) is 0 Å². The maximum absolute atomic E-state index is 12.4. The normalized spacial score (nSPS) is 22.5. The Morgan fingerprint density at radius 3 is 2.56 bits per heavy atom. The predicted octanol–water partition coefficient (Wildman–Crippen LogP) is 1.49. The third-order valence-corrected chi connectivity index (χ3v) is 4.44. The second-order valence-corrected chi connectivity index (χ2v) is 6.66. The van der Waals surface area contributed by atoms with Crippen LogP contribution < -0.4 is 5.32 Å². The molecule has 3 atom stereocenters. The first-order valence-corrected chi connectivity index (χ1v) is 8.65. The van der Waals surface area contributed by atoms with Crippen LogP contribution in [0.1, 0.15) is 31.1 Å². The van der Waals surface area contributed by atoms with E-state index in [-0.39, 0.29) is 24.2 Å². The molecule has 0 aliphatic carbocycles. The average molecular weight is 343 g/mol. The van der Waals surface area contributed by atoms with Crippen LogP contribution in [0.3, 0.4) is 0 Å². The lowest BCUT2D eigenvalue weighted by Gasteiger charge is -2.39. The Hall–Kier alpha value is -2.25. The number of carbonyl (C=O) groups excluding carboxylic acids is 1. The summed E-state index contributed by atoms with van der Waals surface area (Å²) in [4.78, 5) is 18.7. The van der Waals surface area contributed by atoms with E-state index in [4.69, 9.17) is 4.74 Å². The molecule has 0 radical (unpaired) electrons. The second-order valence-electron chi connectivity index (χ2n) is 6.66. The summed E-state index contributed by atoms with van der Waals surface area (Å²) in [7, 11) is 0. The lowest BCUT2D eigenvalue weighted by Crippen LogP contribution is -2.52. The van der Waals surface area contributed by atoms with Crippen LogP contribution >= 0.6 is 0 Å². The second kappa shape index (κ2) is 7.76. The minimum Gasteiger partial charge on any atom is -0.373 e. The standard InChI is InChI=1S/C18H25N5O2/c1-13(22-9-14(2)25-15(3)10-22)8-20-18(24)16-4-6-17(7-5-16)23-12-19-11-21-23/h4-7,11-15H,8-10H2,1-3H3,(H,20,24)/t13-,14-,15-/m1/s1. The number of benzene rings is 1. The molecular formula is C18H25N5O2. The van der Waals surface area contributed by atoms with Gasteiger partial charge in [0.1, 0.15) is 12.7 Å². The maximum atomic E-state index is 12.4. The van der Waals surface area contributed by atoms with Crippen molar-refractivity contribution < 1.29 is 9.53 Å². The Morgan fingerprint density at radius 2 is 1.96 bits per heavy atom. The van der Waals surface area contributed by atoms with Crippen LogP contribution in [0.4, 0.5) is 0 Å². The van der Waals surface area contributed by atoms with Crippen molar-refractivity contribution >= 4 is 5.91 Å². The smallest absolute Gasteiger partial charge is 0.251 e. The summed E-state index contributed by atoms with van der Waals surface area (Å²) in [6.45, 7) is 8.72. The van der Waals surface area contributed by atoms with E-state index in [0.29, 0.717) is 12.1 Å². The van der Waals surface area contributed by atoms with Crippen molar-refractivity contribution in [2.45, 2.75) is 39.0 Å². The van der Waals surface area contributed by atoms with Crippen molar-refractivity contribution in [2.75, 3.05) is 19.6 Å². The fraction of sp³-hybridized carbons (Fsp3) is 0.500. The monoisotopic (exact) mass is 343 g/mol. The van der Waals surface area contributed by atoms with Gasteiger partial charge in [-0.2, -0.15) is 5.10 Å². The number of ether oxygens (including phenoxy) is 1. The molecule has 1 N–H and O–H groups in total. The molecule has 25 heavy (non-hydrogen) atoms. The van der Waals surface area contributed by atoms with Crippen molar-refractivity contribution in [1.29, 1.82) is 0 Å². The van der Waals surface area contributed by atoms with Gasteiger partial charge in [0.25, 0.3) is 5.91 Å². The summed E-state index contributed by atoms with van der Waals surface area (Å²) in [6.07, 6.45) is 3.56. The molecule has 1 aliphatic heterocycles. The third kappa shape index (κ3) is 4.43. The van der Waals surface area contributed by atoms with Gasteiger partial charge in [0.05, 0.1) is 17.9 Å². The highest BCUT2D eigenvalue weighted by Crippen LogP contribution is 2.13. The van der Waals surface area contributed by atoms with Crippen LogP contribution in [0.5, 0.6) is 0 Å². The van der Waals surface area contributed by atoms with Crippen LogP contribution in [0.2, 0.25) is 0 Å². The zero-order valence-corrected chi connectivity index (χ0v) is 14.9. The first-order valence-electron chi connectivity index (χ1n) is 8.65. The lowest BCUT2D eigenvalue weighted by molar-refractivity contribution is -0.0778. The van der Waals surface area contributed by atoms with E-state index >= 15 is 0 Å². The van der Waals surface area contributed by atoms with Gasteiger partial charge in [-0.25, -0.2) is 9.67 Å². The number of amides is 1. The van der Waals surface area contributed by atoms with E-state index in [0.717, 1.165) is 18.8 Å². The SMILES string of the molecule is C[C@@H]1CN([C@H](C)CNC(=O)c2ccc(-n3cncn3)cc2)C[C@@H](C)O1. The Labute approximate surface area is 148 Å². The van der Waals surface area contributed by atoms with Crippen LogP contribution in [0.25, 0.3) is 5.69 Å². The molecular weight excluding hydrogens is 318 g/mol. The fourth-order valence-electron chi connectivity index (χ4n) is 3.16. The minimum absolute atomic E-state index is 0.0636. The van der Waals surface area contributed by atoms with Crippen LogP contribution in [0.15, 0.2) is 36.9 Å². The van der Waals surface area contributed by atoms with Crippen LogP contribution in [-0.2, 0) is 4.74 Å². The van der Waals surface area contributed by atoms with Crippen molar-refractivity contribution in [2.24, 2.45) is 0 Å². The molecule has 0 unspecified atom stereocenters. The van der Waals surface area contributed by atoms with E-state index in [9.17, 15) is 4.79 Å². The molecule has 3 rings (SSSR count). The Balaban J connectivity index is 1.53. The molecule has 1 saturated heterocycles. The van der Waals surface area contributed by atoms with Crippen LogP contribution in [-0.4, -0.2) is 63.5 Å². The zero-order chi connectivity index (χ0) is 17.8. The van der Waals surface area contributed by atoms with Gasteiger partial charge in [-0.05, 0) is 45.0 Å². The number of carbonyl (C=O) groups is 1. The van der Waals surface area contributed by atoms with Gasteiger partial charge < -0.3 is 10.1 Å². The molecule has 1 fully saturated rings. The third-order valence-electron chi connectivity index (χ3n) is 4.44. The van der Waals surface area contributed by atoms with Gasteiger partial charge in [0.2, 0.25) is 0 Å². The first kappa shape index (κ1) is 17.6. The maximum Gasteiger partial charge on any atom is 0.251 e. The summed E-state index contributed by atoms with van der Waals surface area (Å²) < 4.78 is 7.42. The van der Waals surface area contributed by atoms with Crippen molar-refractivity contribution in [3.8, 4) is 5.69 Å². The van der Waals surface area contributed by atoms with Gasteiger partial charge in [-0.1, -0.05) is 0 Å². The molecule has 1 amide bonds. The topological polar surface area (TPSA) is 72.3 Å². The number of hydrogen-bond acceptors (Lipinski definition) is 5. The van der Waals surface area contributed by atoms with Crippen molar-refractivity contribution in [1.82, 2.24) is 25.0 Å². The molecule has 1 aliphatic rings. The zero-order valence-electron chi connectivity index (χ0n) is 14.9. The first-order chi connectivity index (χ1) is 12.0. The summed E-state index contributed by atoms with van der Waals surface area (Å²) in [6, 6.07) is 7.59. The largest absolute Gasteiger partial charge is 0.373 e. The highest BCUT2D eigenvalue weighted by atomic mass is 16.5. The predicted molar refractivity (Wildman–Crippen MR) is 94.7 cm³/mol. The number of hydrogen-bond donors (Lipinski definition) is 1. The summed E-state index contributed by atoms with van der Waals surface area (Å²) in [5, 5.41) is 7.10. The molecule has 0 saturated carbocycles. The van der Waals surface area contributed by atoms with E-state index in [1.165, 1.54) is 6.33 Å². The van der Waals surface area contributed by atoms with Gasteiger partial charge in [-0.15, -0.1) is 0 Å². The van der Waals surface area contributed by atoms with Crippen molar-refractivity contribution in [3.05, 3.63) is 42.5 Å². The lowest BCUT2D eigenvalue weighted by atomic mass is 10.1.